The number of aromatic nitrogens is 1. The minimum absolute atomic E-state index is 0.212. The number of hydrogen-bond acceptors (Lipinski definition) is 2. The van der Waals surface area contributed by atoms with Gasteiger partial charge in [0.2, 0.25) is 5.69 Å². The Morgan fingerprint density at radius 3 is 2.62 bits per heavy atom. The molecule has 0 radical (unpaired) electrons. The zero-order valence-corrected chi connectivity index (χ0v) is 7.94. The van der Waals surface area contributed by atoms with Gasteiger partial charge < -0.3 is 9.90 Å². The van der Waals surface area contributed by atoms with E-state index in [1.165, 1.54) is 0 Å². The summed E-state index contributed by atoms with van der Waals surface area (Å²) in [6.45, 7) is -0.212. The van der Waals surface area contributed by atoms with Crippen LogP contribution < -0.4 is 9.67 Å². The Kier molecular flexibility index (Phi) is 3.19. The van der Waals surface area contributed by atoms with Crippen LogP contribution in [0.25, 0.3) is 6.08 Å². The Labute approximate surface area is 90.9 Å². The van der Waals surface area contributed by atoms with E-state index in [9.17, 15) is 13.2 Å². The quantitative estimate of drug-likeness (QED) is 0.604. The smallest absolute Gasteiger partial charge is 0.430 e. The van der Waals surface area contributed by atoms with Gasteiger partial charge in [-0.3, -0.25) is 0 Å². The van der Waals surface area contributed by atoms with Crippen LogP contribution in [-0.2, 0) is 11.3 Å². The number of carboxylic acids is 1. The molecule has 1 aromatic heterocycles. The molecular weight excluding hydrogens is 223 g/mol. The number of hydrogen-bond donors (Lipinski definition) is 0. The fraction of sp³-hybridized carbons (Fsp3) is 0.200. The second kappa shape index (κ2) is 4.78. The maximum atomic E-state index is 10.5. The summed E-state index contributed by atoms with van der Waals surface area (Å²) in [6, 6.07) is 5.93. The number of fused-ring (bicyclic) bond motifs is 1. The van der Waals surface area contributed by atoms with Crippen molar-refractivity contribution in [1.82, 2.24) is 0 Å². The Morgan fingerprint density at radius 1 is 1.50 bits per heavy atom. The molecule has 16 heavy (non-hydrogen) atoms. The zero-order valence-electron chi connectivity index (χ0n) is 8.94. The highest BCUT2D eigenvalue weighted by atomic mass is 19.4. The van der Waals surface area contributed by atoms with Crippen molar-refractivity contribution >= 4 is 12.0 Å². The number of carbonyl (C=O) groups excluding carboxylic acids is 1. The molecule has 1 atom stereocenters. The van der Waals surface area contributed by atoms with Gasteiger partial charge in [0.15, 0.2) is 12.7 Å². The second-order valence-corrected chi connectivity index (χ2v) is 2.83. The Hall–Kier alpha value is -1.85. The number of carbonyl (C=O) groups is 1. The van der Waals surface area contributed by atoms with Crippen LogP contribution in [0.15, 0.2) is 30.5 Å². The van der Waals surface area contributed by atoms with Crippen molar-refractivity contribution in [3.8, 4) is 0 Å². The van der Waals surface area contributed by atoms with Crippen LogP contribution in [-0.4, -0.2) is 12.1 Å². The topological polar surface area (TPSA) is 44.0 Å². The summed E-state index contributed by atoms with van der Waals surface area (Å²) >= 11 is 0. The van der Waals surface area contributed by atoms with Gasteiger partial charge in [0.05, 0.1) is 0 Å². The molecule has 6 heteroatoms. The third kappa shape index (κ3) is 3.38. The van der Waals surface area contributed by atoms with E-state index in [1.807, 2.05) is 41.1 Å². The molecule has 1 aliphatic heterocycles. The number of rotatable bonds is 0. The molecule has 0 N–H and O–H groups in total. The summed E-state index contributed by atoms with van der Waals surface area (Å²) in [5.74, 6) is -3.01. The van der Waals surface area contributed by atoms with Crippen molar-refractivity contribution in [2.24, 2.45) is 0 Å². The van der Waals surface area contributed by atoms with Crippen LogP contribution in [0.1, 0.15) is 7.06 Å². The lowest BCUT2D eigenvalue weighted by Crippen LogP contribution is -2.37. The van der Waals surface area contributed by atoms with Gasteiger partial charge in [-0.15, -0.1) is 0 Å². The first-order chi connectivity index (χ1) is 7.82. The van der Waals surface area contributed by atoms with Gasteiger partial charge in [-0.2, -0.15) is 17.7 Å². The van der Waals surface area contributed by atoms with E-state index in [0.29, 0.717) is 0 Å². The van der Waals surface area contributed by atoms with E-state index in [4.69, 9.17) is 11.3 Å². The third-order valence-corrected chi connectivity index (χ3v) is 1.67. The molecule has 1 aliphatic rings. The van der Waals surface area contributed by atoms with Gasteiger partial charge in [-0.1, -0.05) is 0 Å². The highest BCUT2D eigenvalue weighted by molar-refractivity contribution is 5.70. The predicted molar refractivity (Wildman–Crippen MR) is 46.7 cm³/mol. The van der Waals surface area contributed by atoms with E-state index < -0.39 is 12.1 Å². The van der Waals surface area contributed by atoms with Crippen molar-refractivity contribution in [3.05, 3.63) is 36.2 Å². The van der Waals surface area contributed by atoms with Gasteiger partial charge in [-0.25, -0.2) is 0 Å². The first-order valence-electron chi connectivity index (χ1n) is 4.79. The fourth-order valence-corrected chi connectivity index (χ4v) is 0.980. The minimum Gasteiger partial charge on any atom is -0.542 e. The molecule has 0 bridgehead atoms. The van der Waals surface area contributed by atoms with Crippen molar-refractivity contribution in [1.29, 1.82) is 0 Å². The standard InChI is InChI=1S/C8H8N.C2HF3O2/c1-2-6-9-7-3-5-8(9)4-1;3-2(4,5)1(6)7/h1-6H,7H2;(H,6,7)/q+1;/p-1/i7D;. The van der Waals surface area contributed by atoms with Gasteiger partial charge in [0.1, 0.15) is 7.34 Å². The molecule has 2 heterocycles. The molecule has 0 saturated heterocycles. The maximum absolute atomic E-state index is 10.5. The van der Waals surface area contributed by atoms with E-state index >= 15 is 0 Å². The lowest BCUT2D eigenvalue weighted by molar-refractivity contribution is -0.684. The SMILES string of the molecule is O=C([O-])C(F)(F)F.[2H]C1C=Cc2cccc[n+]21. The van der Waals surface area contributed by atoms with Gasteiger partial charge in [-0.05, 0) is 12.1 Å². The predicted octanol–water partition coefficient (Wildman–Crippen LogP) is 0.299. The molecule has 0 amide bonds. The molecule has 2 rings (SSSR count). The molecule has 1 unspecified atom stereocenters. The van der Waals surface area contributed by atoms with Crippen LogP contribution in [0.3, 0.4) is 0 Å². The van der Waals surface area contributed by atoms with Crippen molar-refractivity contribution in [2.45, 2.75) is 12.7 Å². The molecule has 0 aromatic carbocycles. The number of nitrogens with zero attached hydrogens (tertiary/aromatic N) is 1. The van der Waals surface area contributed by atoms with Crippen LogP contribution in [0.4, 0.5) is 13.2 Å². The number of carboxylic acid groups (broad SMARTS) is 1. The summed E-state index contributed by atoms with van der Waals surface area (Å²) in [4.78, 5) is 8.78. The minimum atomic E-state index is -5.19. The Morgan fingerprint density at radius 2 is 2.12 bits per heavy atom. The first-order valence-corrected chi connectivity index (χ1v) is 4.21. The second-order valence-electron chi connectivity index (χ2n) is 2.83. The highest BCUT2D eigenvalue weighted by Gasteiger charge is 2.28. The van der Waals surface area contributed by atoms with Gasteiger partial charge in [0.25, 0.3) is 0 Å². The largest absolute Gasteiger partial charge is 0.542 e. The van der Waals surface area contributed by atoms with Gasteiger partial charge in [0, 0.05) is 18.2 Å². The molecule has 0 spiro atoms. The third-order valence-electron chi connectivity index (χ3n) is 1.67. The normalized spacial score (nSPS) is 18.2. The van der Waals surface area contributed by atoms with E-state index in [1.54, 1.807) is 0 Å². The average molecular weight is 232 g/mol. The number of aliphatic carboxylic acids is 1. The fourth-order valence-electron chi connectivity index (χ4n) is 0.980. The number of alkyl halides is 3. The van der Waals surface area contributed by atoms with Crippen LogP contribution in [0, 0.1) is 0 Å². The number of allylic oxidation sites excluding steroid dienone is 1. The summed E-state index contributed by atoms with van der Waals surface area (Å²) in [7, 11) is 0. The Balaban J connectivity index is 0.000000185. The maximum Gasteiger partial charge on any atom is 0.430 e. The van der Waals surface area contributed by atoms with Gasteiger partial charge >= 0.3 is 6.18 Å². The molecular formula is C10H8F3NO2. The van der Waals surface area contributed by atoms with Crippen LogP contribution in [0.2, 0.25) is 0 Å². The lowest BCUT2D eigenvalue weighted by atomic mass is 10.4. The van der Waals surface area contributed by atoms with Crippen LogP contribution >= 0.6 is 0 Å². The van der Waals surface area contributed by atoms with Crippen molar-refractivity contribution in [3.63, 3.8) is 0 Å². The number of pyridine rings is 1. The van der Waals surface area contributed by atoms with E-state index in [0.717, 1.165) is 5.69 Å². The molecule has 3 nitrogen and oxygen atoms in total. The summed E-state index contributed by atoms with van der Waals surface area (Å²) < 4.78 is 41.0. The molecule has 0 fully saturated rings. The summed E-state index contributed by atoms with van der Waals surface area (Å²) in [5, 5.41) is 8.78. The lowest BCUT2D eigenvalue weighted by Gasteiger charge is -2.03. The first kappa shape index (κ1) is 10.7. The van der Waals surface area contributed by atoms with E-state index in [2.05, 4.69) is 0 Å². The molecule has 0 saturated carbocycles. The molecule has 1 aromatic rings. The zero-order chi connectivity index (χ0) is 13.1. The van der Waals surface area contributed by atoms with Crippen LogP contribution in [0.5, 0.6) is 0 Å². The molecule has 86 valence electrons. The highest BCUT2D eigenvalue weighted by Crippen LogP contribution is 2.11. The van der Waals surface area contributed by atoms with Crippen molar-refractivity contribution < 1.29 is 29.0 Å². The molecule has 0 aliphatic carbocycles. The van der Waals surface area contributed by atoms with E-state index in [-0.39, 0.29) is 6.52 Å². The monoisotopic (exact) mass is 232 g/mol. The number of halogens is 3. The summed E-state index contributed by atoms with van der Waals surface area (Å²) in [6.07, 6.45) is 0.569. The van der Waals surface area contributed by atoms with Crippen molar-refractivity contribution in [2.75, 3.05) is 0 Å². The Bertz CT molecular complexity index is 445. The summed E-state index contributed by atoms with van der Waals surface area (Å²) in [5.41, 5.74) is 1.11. The average Bonchev–Trinajstić information content (AvgIpc) is 2.61.